The molecule has 0 saturated heterocycles. The van der Waals surface area contributed by atoms with Crippen molar-refractivity contribution in [2.24, 2.45) is 0 Å². The van der Waals surface area contributed by atoms with E-state index < -0.39 is 0 Å². The summed E-state index contributed by atoms with van der Waals surface area (Å²) in [5.74, 6) is -0.0628. The molecule has 0 amide bonds. The van der Waals surface area contributed by atoms with Crippen LogP contribution in [0.1, 0.15) is 5.56 Å². The fourth-order valence-electron chi connectivity index (χ4n) is 2.08. The highest BCUT2D eigenvalue weighted by Gasteiger charge is 2.13. The molecule has 1 heterocycles. The van der Waals surface area contributed by atoms with E-state index in [0.29, 0.717) is 25.9 Å². The molecule has 0 saturated carbocycles. The third-order valence-electron chi connectivity index (χ3n) is 2.96. The number of nitrogens with two attached hydrogens (primary N) is 1. The van der Waals surface area contributed by atoms with Gasteiger partial charge in [0.1, 0.15) is 5.82 Å². The monoisotopic (exact) mass is 378 g/mol. The summed E-state index contributed by atoms with van der Waals surface area (Å²) in [5, 5.41) is 8.96. The van der Waals surface area contributed by atoms with Gasteiger partial charge in [-0.25, -0.2) is 9.37 Å². The second-order valence-corrected chi connectivity index (χ2v) is 5.38. The van der Waals surface area contributed by atoms with Crippen LogP contribution < -0.4 is 5.73 Å². The molecule has 0 unspecified atom stereocenters. The molecule has 2 aromatic carbocycles. The first-order chi connectivity index (χ1) is 9.60. The Kier molecular flexibility index (Phi) is 3.06. The second-order valence-electron chi connectivity index (χ2n) is 4.22. The summed E-state index contributed by atoms with van der Waals surface area (Å²) in [5.41, 5.74) is 8.32. The minimum Gasteiger partial charge on any atom is -0.369 e. The van der Waals surface area contributed by atoms with Gasteiger partial charge >= 0.3 is 0 Å². The highest BCUT2D eigenvalue weighted by Crippen LogP contribution is 2.26. The van der Waals surface area contributed by atoms with Crippen LogP contribution in [0.4, 0.5) is 10.3 Å². The average Bonchev–Trinajstić information content (AvgIpc) is 2.74. The van der Waals surface area contributed by atoms with E-state index in [-0.39, 0.29) is 11.8 Å². The molecule has 0 bridgehead atoms. The summed E-state index contributed by atoms with van der Waals surface area (Å²) in [4.78, 5) is 4.23. The normalized spacial score (nSPS) is 10.7. The van der Waals surface area contributed by atoms with Gasteiger partial charge in [-0.1, -0.05) is 6.07 Å². The zero-order chi connectivity index (χ0) is 14.3. The lowest BCUT2D eigenvalue weighted by atomic mass is 10.2. The summed E-state index contributed by atoms with van der Waals surface area (Å²) >= 11 is 1.91. The van der Waals surface area contributed by atoms with E-state index in [1.807, 2.05) is 22.6 Å². The van der Waals surface area contributed by atoms with E-state index in [9.17, 15) is 4.39 Å². The van der Waals surface area contributed by atoms with Crippen LogP contribution in [-0.2, 0) is 0 Å². The van der Waals surface area contributed by atoms with Crippen molar-refractivity contribution in [3.05, 3.63) is 51.3 Å². The number of fused-ring (bicyclic) bond motifs is 1. The molecule has 0 radical (unpaired) electrons. The summed E-state index contributed by atoms with van der Waals surface area (Å²) in [6.07, 6.45) is 0. The third kappa shape index (κ3) is 2.00. The molecule has 20 heavy (non-hydrogen) atoms. The Morgan fingerprint density at radius 1 is 1.30 bits per heavy atom. The molecule has 4 nitrogen and oxygen atoms in total. The lowest BCUT2D eigenvalue weighted by Crippen LogP contribution is -2.01. The maximum absolute atomic E-state index is 13.8. The van der Waals surface area contributed by atoms with E-state index in [4.69, 9.17) is 11.0 Å². The molecule has 0 atom stereocenters. The number of hydrogen-bond acceptors (Lipinski definition) is 3. The van der Waals surface area contributed by atoms with E-state index in [0.717, 1.165) is 0 Å². The summed E-state index contributed by atoms with van der Waals surface area (Å²) < 4.78 is 15.9. The number of imidazole rings is 1. The quantitative estimate of drug-likeness (QED) is 0.662. The van der Waals surface area contributed by atoms with Gasteiger partial charge in [-0.15, -0.1) is 0 Å². The van der Waals surface area contributed by atoms with Gasteiger partial charge in [0.2, 0.25) is 5.95 Å². The first kappa shape index (κ1) is 12.9. The molecular weight excluding hydrogens is 370 g/mol. The molecule has 0 fully saturated rings. The van der Waals surface area contributed by atoms with Gasteiger partial charge in [0, 0.05) is 6.07 Å². The van der Waals surface area contributed by atoms with Crippen LogP contribution >= 0.6 is 22.6 Å². The van der Waals surface area contributed by atoms with Gasteiger partial charge in [-0.2, -0.15) is 5.26 Å². The number of nitrogen functional groups attached to an aromatic ring is 1. The van der Waals surface area contributed by atoms with Crippen LogP contribution in [0.25, 0.3) is 16.7 Å². The number of aromatic nitrogens is 2. The van der Waals surface area contributed by atoms with Crippen molar-refractivity contribution in [1.82, 2.24) is 9.55 Å². The predicted octanol–water partition coefficient (Wildman–Crippen LogP) is 3.22. The highest BCUT2D eigenvalue weighted by atomic mass is 127. The lowest BCUT2D eigenvalue weighted by molar-refractivity contribution is 0.622. The van der Waals surface area contributed by atoms with Crippen molar-refractivity contribution >= 4 is 39.6 Å². The Balaban J connectivity index is 2.33. The minimum atomic E-state index is -0.323. The smallest absolute Gasteiger partial charge is 0.205 e. The molecule has 1 aromatic heterocycles. The molecule has 0 aliphatic heterocycles. The van der Waals surface area contributed by atoms with Gasteiger partial charge in [-0.05, 0) is 46.9 Å². The Bertz CT molecular complexity index is 863. The number of benzene rings is 2. The lowest BCUT2D eigenvalue weighted by Gasteiger charge is -2.07. The van der Waals surface area contributed by atoms with E-state index in [1.165, 1.54) is 6.07 Å². The maximum Gasteiger partial charge on any atom is 0.205 e. The molecule has 6 heteroatoms. The molecular formula is C14H8FIN4. The van der Waals surface area contributed by atoms with Crippen LogP contribution in [0.5, 0.6) is 0 Å². The standard InChI is InChI=1S/C14H8FIN4/c15-10-5-13-12(6-11(10)16)19-14(18)20(13)9-3-1-2-8(4-9)7-17/h1-6H,(H2,18,19). The summed E-state index contributed by atoms with van der Waals surface area (Å²) in [6.45, 7) is 0. The van der Waals surface area contributed by atoms with Gasteiger partial charge in [0.05, 0.1) is 31.9 Å². The largest absolute Gasteiger partial charge is 0.369 e. The van der Waals surface area contributed by atoms with Crippen LogP contribution in [0.3, 0.4) is 0 Å². The Hall–Kier alpha value is -2.14. The number of nitriles is 1. The van der Waals surface area contributed by atoms with Crippen molar-refractivity contribution in [3.8, 4) is 11.8 Å². The fraction of sp³-hybridized carbons (Fsp3) is 0. The molecule has 0 aliphatic rings. The molecule has 3 aromatic rings. The fourth-order valence-corrected chi connectivity index (χ4v) is 2.53. The Morgan fingerprint density at radius 2 is 2.10 bits per heavy atom. The first-order valence-electron chi connectivity index (χ1n) is 5.73. The number of hydrogen-bond donors (Lipinski definition) is 1. The zero-order valence-corrected chi connectivity index (χ0v) is 12.3. The second kappa shape index (κ2) is 4.76. The average molecular weight is 378 g/mol. The van der Waals surface area contributed by atoms with E-state index in [2.05, 4.69) is 11.1 Å². The van der Waals surface area contributed by atoms with Gasteiger partial charge in [0.25, 0.3) is 0 Å². The highest BCUT2D eigenvalue weighted by molar-refractivity contribution is 14.1. The summed E-state index contributed by atoms with van der Waals surface area (Å²) in [7, 11) is 0. The molecule has 0 aliphatic carbocycles. The van der Waals surface area contributed by atoms with Crippen molar-refractivity contribution in [2.45, 2.75) is 0 Å². The minimum absolute atomic E-state index is 0.261. The Morgan fingerprint density at radius 3 is 2.85 bits per heavy atom. The van der Waals surface area contributed by atoms with Crippen LogP contribution in [0.15, 0.2) is 36.4 Å². The molecule has 2 N–H and O–H groups in total. The third-order valence-corrected chi connectivity index (χ3v) is 3.78. The number of nitrogens with zero attached hydrogens (tertiary/aromatic N) is 3. The molecule has 98 valence electrons. The van der Waals surface area contributed by atoms with Gasteiger partial charge in [-0.3, -0.25) is 4.57 Å². The zero-order valence-electron chi connectivity index (χ0n) is 10.1. The maximum atomic E-state index is 13.8. The van der Waals surface area contributed by atoms with Crippen LogP contribution in [-0.4, -0.2) is 9.55 Å². The number of halogens is 2. The molecule has 0 spiro atoms. The summed E-state index contributed by atoms with van der Waals surface area (Å²) in [6, 6.07) is 12.1. The van der Waals surface area contributed by atoms with Gasteiger partial charge in [0.15, 0.2) is 0 Å². The van der Waals surface area contributed by atoms with Crippen molar-refractivity contribution in [1.29, 1.82) is 5.26 Å². The number of rotatable bonds is 1. The van der Waals surface area contributed by atoms with Crippen LogP contribution in [0.2, 0.25) is 0 Å². The van der Waals surface area contributed by atoms with Gasteiger partial charge < -0.3 is 5.73 Å². The van der Waals surface area contributed by atoms with Crippen LogP contribution in [0, 0.1) is 20.7 Å². The SMILES string of the molecule is N#Cc1cccc(-n2c(N)nc3cc(I)c(F)cc32)c1. The first-order valence-corrected chi connectivity index (χ1v) is 6.81. The van der Waals surface area contributed by atoms with E-state index in [1.54, 1.807) is 34.9 Å². The van der Waals surface area contributed by atoms with Crippen molar-refractivity contribution in [2.75, 3.05) is 5.73 Å². The van der Waals surface area contributed by atoms with Crippen molar-refractivity contribution < 1.29 is 4.39 Å². The number of anilines is 1. The van der Waals surface area contributed by atoms with Crippen molar-refractivity contribution in [3.63, 3.8) is 0 Å². The topological polar surface area (TPSA) is 67.6 Å². The predicted molar refractivity (Wildman–Crippen MR) is 82.9 cm³/mol. The Labute approximate surface area is 127 Å². The molecule has 3 rings (SSSR count). The van der Waals surface area contributed by atoms with E-state index >= 15 is 0 Å².